The number of piperidine rings is 2. The molecule has 1 N–H and O–H groups in total. The molecule has 0 bridgehead atoms. The molecule has 2 aliphatic rings. The second-order valence-electron chi connectivity index (χ2n) is 7.23. The summed E-state index contributed by atoms with van der Waals surface area (Å²) in [4.78, 5) is 17.1. The van der Waals surface area contributed by atoms with Crippen molar-refractivity contribution < 1.29 is 4.79 Å². The number of amides is 2. The zero-order valence-corrected chi connectivity index (χ0v) is 14.3. The van der Waals surface area contributed by atoms with Gasteiger partial charge in [-0.25, -0.2) is 4.79 Å². The first-order valence-electron chi connectivity index (χ1n) is 8.84. The van der Waals surface area contributed by atoms with E-state index in [9.17, 15) is 4.79 Å². The van der Waals surface area contributed by atoms with Gasteiger partial charge in [-0.3, -0.25) is 4.68 Å². The molecule has 3 rings (SSSR count). The highest BCUT2D eigenvalue weighted by atomic mass is 16.2. The highest BCUT2D eigenvalue weighted by molar-refractivity contribution is 5.74. The fraction of sp³-hybridized carbons (Fsp3) is 0.765. The Hall–Kier alpha value is -1.56. The van der Waals surface area contributed by atoms with Crippen LogP contribution in [0, 0.1) is 11.8 Å². The predicted octanol–water partition coefficient (Wildman–Crippen LogP) is 1.64. The summed E-state index contributed by atoms with van der Waals surface area (Å²) in [7, 11) is 2.19. The van der Waals surface area contributed by atoms with E-state index in [1.807, 2.05) is 16.9 Å². The molecule has 0 aromatic carbocycles. The van der Waals surface area contributed by atoms with E-state index in [-0.39, 0.29) is 6.03 Å². The minimum Gasteiger partial charge on any atom is -0.338 e. The van der Waals surface area contributed by atoms with E-state index in [1.165, 1.54) is 6.42 Å². The molecule has 0 saturated carbocycles. The van der Waals surface area contributed by atoms with Crippen molar-refractivity contribution in [3.63, 3.8) is 0 Å². The van der Waals surface area contributed by atoms with Gasteiger partial charge in [0.1, 0.15) is 0 Å². The molecule has 2 saturated heterocycles. The van der Waals surface area contributed by atoms with E-state index < -0.39 is 0 Å². The van der Waals surface area contributed by atoms with E-state index in [2.05, 4.69) is 34.2 Å². The lowest BCUT2D eigenvalue weighted by atomic mass is 9.84. The number of rotatable bonds is 4. The minimum atomic E-state index is 0.122. The summed E-state index contributed by atoms with van der Waals surface area (Å²) < 4.78 is 1.92. The van der Waals surface area contributed by atoms with Gasteiger partial charge in [0.25, 0.3) is 0 Å². The largest absolute Gasteiger partial charge is 0.338 e. The topological polar surface area (TPSA) is 53.4 Å². The lowest BCUT2D eigenvalue weighted by Gasteiger charge is -2.46. The zero-order valence-electron chi connectivity index (χ0n) is 14.3. The van der Waals surface area contributed by atoms with Crippen LogP contribution >= 0.6 is 0 Å². The maximum absolute atomic E-state index is 12.6. The van der Waals surface area contributed by atoms with Crippen LogP contribution in [0.5, 0.6) is 0 Å². The van der Waals surface area contributed by atoms with Crippen LogP contribution < -0.4 is 5.32 Å². The molecule has 0 spiro atoms. The summed E-state index contributed by atoms with van der Waals surface area (Å²) in [6.07, 6.45) is 7.25. The third-order valence-electron chi connectivity index (χ3n) is 5.19. The molecule has 0 aliphatic carbocycles. The van der Waals surface area contributed by atoms with Gasteiger partial charge in [-0.2, -0.15) is 5.10 Å². The Balaban J connectivity index is 1.49. The van der Waals surface area contributed by atoms with Crippen molar-refractivity contribution >= 4 is 6.03 Å². The fourth-order valence-corrected chi connectivity index (χ4v) is 3.99. The number of likely N-dealkylation sites (tertiary alicyclic amines) is 2. The number of nitrogens with one attached hydrogen (secondary N) is 1. The van der Waals surface area contributed by atoms with E-state index in [1.54, 1.807) is 6.20 Å². The molecule has 6 heteroatoms. The van der Waals surface area contributed by atoms with Gasteiger partial charge in [0, 0.05) is 44.6 Å². The van der Waals surface area contributed by atoms with Gasteiger partial charge in [0.05, 0.1) is 0 Å². The molecular weight excluding hydrogens is 290 g/mol. The van der Waals surface area contributed by atoms with Crippen LogP contribution in [0.15, 0.2) is 18.5 Å². The summed E-state index contributed by atoms with van der Waals surface area (Å²) in [5, 5.41) is 7.36. The first-order valence-corrected chi connectivity index (χ1v) is 8.84. The van der Waals surface area contributed by atoms with Crippen LogP contribution in [0.1, 0.15) is 26.2 Å². The van der Waals surface area contributed by atoms with Crippen LogP contribution in [0.25, 0.3) is 0 Å². The summed E-state index contributed by atoms with van der Waals surface area (Å²) in [6.45, 7) is 6.82. The maximum Gasteiger partial charge on any atom is 0.317 e. The van der Waals surface area contributed by atoms with Crippen molar-refractivity contribution in [3.05, 3.63) is 18.5 Å². The van der Waals surface area contributed by atoms with Gasteiger partial charge in [0.15, 0.2) is 0 Å². The molecule has 23 heavy (non-hydrogen) atoms. The molecule has 2 aliphatic heterocycles. The zero-order chi connectivity index (χ0) is 16.2. The predicted molar refractivity (Wildman–Crippen MR) is 90.1 cm³/mol. The molecule has 6 nitrogen and oxygen atoms in total. The first-order chi connectivity index (χ1) is 11.1. The monoisotopic (exact) mass is 319 g/mol. The van der Waals surface area contributed by atoms with Gasteiger partial charge in [0.2, 0.25) is 0 Å². The number of hydrogen-bond donors (Lipinski definition) is 1. The van der Waals surface area contributed by atoms with Gasteiger partial charge in [-0.15, -0.1) is 0 Å². The Morgan fingerprint density at radius 2 is 2.26 bits per heavy atom. The summed E-state index contributed by atoms with van der Waals surface area (Å²) in [5.41, 5.74) is 0. The minimum absolute atomic E-state index is 0.122. The fourth-order valence-electron chi connectivity index (χ4n) is 3.99. The Labute approximate surface area is 138 Å². The number of urea groups is 1. The third kappa shape index (κ3) is 4.05. The maximum atomic E-state index is 12.6. The average molecular weight is 319 g/mol. The second-order valence-corrected chi connectivity index (χ2v) is 7.23. The van der Waals surface area contributed by atoms with Gasteiger partial charge in [-0.05, 0) is 50.8 Å². The van der Waals surface area contributed by atoms with Crippen molar-refractivity contribution in [2.24, 2.45) is 11.8 Å². The van der Waals surface area contributed by atoms with Crippen molar-refractivity contribution in [1.29, 1.82) is 0 Å². The van der Waals surface area contributed by atoms with Gasteiger partial charge < -0.3 is 15.1 Å². The molecule has 128 valence electrons. The third-order valence-corrected chi connectivity index (χ3v) is 5.19. The van der Waals surface area contributed by atoms with Gasteiger partial charge in [-0.1, -0.05) is 6.92 Å². The molecule has 0 unspecified atom stereocenters. The van der Waals surface area contributed by atoms with Crippen LogP contribution in [0.2, 0.25) is 0 Å². The van der Waals surface area contributed by atoms with Crippen LogP contribution in [-0.2, 0) is 6.54 Å². The number of carbonyl (C=O) groups excluding carboxylic acids is 1. The summed E-state index contributed by atoms with van der Waals surface area (Å²) in [5.74, 6) is 1.02. The number of aromatic nitrogens is 2. The standard InChI is InChI=1S/C17H29N5O/c1-14(12-21-8-4-7-19-21)11-18-17(23)22-9-3-5-15-13-20(2)10-6-16(15)22/h4,7-8,14-16H,3,5-6,9-13H2,1-2H3,(H,18,23)/t14-,15-,16-/m1/s1. The van der Waals surface area contributed by atoms with E-state index in [0.717, 1.165) is 39.0 Å². The number of nitrogens with zero attached hydrogens (tertiary/aromatic N) is 4. The van der Waals surface area contributed by atoms with Crippen molar-refractivity contribution in [3.8, 4) is 0 Å². The van der Waals surface area contributed by atoms with Crippen molar-refractivity contribution in [2.75, 3.05) is 33.2 Å². The highest BCUT2D eigenvalue weighted by Gasteiger charge is 2.37. The smallest absolute Gasteiger partial charge is 0.317 e. The molecule has 1 aromatic heterocycles. The molecule has 2 amide bonds. The van der Waals surface area contributed by atoms with Crippen LogP contribution in [0.3, 0.4) is 0 Å². The van der Waals surface area contributed by atoms with Crippen molar-refractivity contribution in [2.45, 2.75) is 38.8 Å². The summed E-state index contributed by atoms with van der Waals surface area (Å²) >= 11 is 0. The number of fused-ring (bicyclic) bond motifs is 1. The molecule has 3 atom stereocenters. The van der Waals surface area contributed by atoms with Crippen LogP contribution in [0.4, 0.5) is 4.79 Å². The van der Waals surface area contributed by atoms with E-state index >= 15 is 0 Å². The normalized spacial score (nSPS) is 26.6. The second kappa shape index (κ2) is 7.34. The SMILES string of the molecule is C[C@H](CNC(=O)N1CCC[C@@H]2CN(C)CC[C@H]21)Cn1cccn1. The average Bonchev–Trinajstić information content (AvgIpc) is 3.04. The lowest BCUT2D eigenvalue weighted by Crippen LogP contribution is -2.57. The molecule has 0 radical (unpaired) electrons. The van der Waals surface area contributed by atoms with E-state index in [4.69, 9.17) is 0 Å². The number of hydrogen-bond acceptors (Lipinski definition) is 3. The molecule has 2 fully saturated rings. The molecular formula is C17H29N5O. The Kier molecular flexibility index (Phi) is 5.20. The van der Waals surface area contributed by atoms with Crippen molar-refractivity contribution in [1.82, 2.24) is 24.9 Å². The Morgan fingerprint density at radius 3 is 3.04 bits per heavy atom. The first kappa shape index (κ1) is 16.3. The van der Waals surface area contributed by atoms with E-state index in [0.29, 0.717) is 24.4 Å². The quantitative estimate of drug-likeness (QED) is 0.918. The van der Waals surface area contributed by atoms with Gasteiger partial charge >= 0.3 is 6.03 Å². The Bertz CT molecular complexity index is 503. The Morgan fingerprint density at radius 1 is 1.39 bits per heavy atom. The lowest BCUT2D eigenvalue weighted by molar-refractivity contribution is 0.0530. The van der Waals surface area contributed by atoms with Crippen LogP contribution in [-0.4, -0.2) is 64.9 Å². The number of carbonyl (C=O) groups is 1. The molecule has 3 heterocycles. The summed E-state index contributed by atoms with van der Waals surface area (Å²) in [6, 6.07) is 2.48. The molecule has 1 aromatic rings. The highest BCUT2D eigenvalue weighted by Crippen LogP contribution is 2.30.